The molecule has 0 aliphatic carbocycles. The van der Waals surface area contributed by atoms with Crippen LogP contribution in [0.2, 0.25) is 0 Å². The SMILES string of the molecule is CCCNc1c(N[C@@H](Cc2ccc(NC(=O)c3ccc(OC)c(OC)c3)cc2)C(=O)O)c(=O)c1=O. The quantitative estimate of drug-likeness (QED) is 0.287. The van der Waals surface area contributed by atoms with Gasteiger partial charge in [0.05, 0.1) is 14.2 Å². The van der Waals surface area contributed by atoms with E-state index in [1.807, 2.05) is 6.92 Å². The highest BCUT2D eigenvalue weighted by molar-refractivity contribution is 6.04. The summed E-state index contributed by atoms with van der Waals surface area (Å²) in [6.45, 7) is 2.40. The lowest BCUT2D eigenvalue weighted by atomic mass is 10.0. The summed E-state index contributed by atoms with van der Waals surface area (Å²) in [5.41, 5.74) is 0.286. The summed E-state index contributed by atoms with van der Waals surface area (Å²) in [7, 11) is 2.99. The predicted octanol–water partition coefficient (Wildman–Crippen LogP) is 2.48. The number of aliphatic carboxylic acids is 1. The molecule has 1 amide bonds. The van der Waals surface area contributed by atoms with Gasteiger partial charge in [-0.25, -0.2) is 4.79 Å². The molecular weight excluding hydrogens is 454 g/mol. The third kappa shape index (κ3) is 5.78. The second-order valence-corrected chi connectivity index (χ2v) is 7.80. The maximum atomic E-state index is 12.6. The molecule has 184 valence electrons. The van der Waals surface area contributed by atoms with Crippen LogP contribution >= 0.6 is 0 Å². The molecule has 3 rings (SSSR count). The van der Waals surface area contributed by atoms with Gasteiger partial charge >= 0.3 is 5.97 Å². The Labute approximate surface area is 201 Å². The first kappa shape index (κ1) is 25.3. The van der Waals surface area contributed by atoms with Crippen LogP contribution < -0.4 is 36.3 Å². The molecular formula is C25H27N3O7. The van der Waals surface area contributed by atoms with Crippen molar-refractivity contribution in [1.29, 1.82) is 0 Å². The van der Waals surface area contributed by atoms with Gasteiger partial charge in [0, 0.05) is 24.2 Å². The number of nitrogens with one attached hydrogen (secondary N) is 3. The highest BCUT2D eigenvalue weighted by Crippen LogP contribution is 2.28. The average molecular weight is 482 g/mol. The predicted molar refractivity (Wildman–Crippen MR) is 133 cm³/mol. The molecule has 3 aromatic rings. The van der Waals surface area contributed by atoms with E-state index in [2.05, 4.69) is 16.0 Å². The molecule has 3 aromatic carbocycles. The second kappa shape index (κ2) is 11.2. The van der Waals surface area contributed by atoms with Crippen molar-refractivity contribution in [2.45, 2.75) is 25.8 Å². The van der Waals surface area contributed by atoms with Gasteiger partial charge in [-0.3, -0.25) is 14.4 Å². The van der Waals surface area contributed by atoms with Crippen molar-refractivity contribution in [1.82, 2.24) is 0 Å². The van der Waals surface area contributed by atoms with Crippen molar-refractivity contribution >= 4 is 28.9 Å². The summed E-state index contributed by atoms with van der Waals surface area (Å²) in [6, 6.07) is 10.4. The standard InChI is InChI=1S/C25H27N3O7/c1-4-11-26-20-21(23(30)22(20)29)28-17(25(32)33)12-14-5-8-16(9-6-14)27-24(31)15-7-10-18(34-2)19(13-15)35-3/h5-10,13,17,26,28H,4,11-12H2,1-3H3,(H,27,31)(H,32,33)/t17-/m0/s1. The van der Waals surface area contributed by atoms with E-state index >= 15 is 0 Å². The van der Waals surface area contributed by atoms with Crippen molar-refractivity contribution in [2.24, 2.45) is 0 Å². The molecule has 0 aromatic heterocycles. The van der Waals surface area contributed by atoms with E-state index in [0.717, 1.165) is 6.42 Å². The highest BCUT2D eigenvalue weighted by atomic mass is 16.5. The molecule has 0 radical (unpaired) electrons. The largest absolute Gasteiger partial charge is 0.493 e. The Balaban J connectivity index is 1.67. The zero-order valence-corrected chi connectivity index (χ0v) is 19.6. The van der Waals surface area contributed by atoms with E-state index in [0.29, 0.717) is 34.9 Å². The van der Waals surface area contributed by atoms with E-state index in [4.69, 9.17) is 9.47 Å². The first-order valence-electron chi connectivity index (χ1n) is 11.0. The molecule has 4 N–H and O–H groups in total. The molecule has 0 saturated carbocycles. The van der Waals surface area contributed by atoms with Gasteiger partial charge in [0.2, 0.25) is 0 Å². The van der Waals surface area contributed by atoms with E-state index in [1.54, 1.807) is 42.5 Å². The lowest BCUT2D eigenvalue weighted by Gasteiger charge is -2.20. The number of hydrogen-bond acceptors (Lipinski definition) is 8. The van der Waals surface area contributed by atoms with Gasteiger partial charge in [-0.2, -0.15) is 0 Å². The van der Waals surface area contributed by atoms with Crippen molar-refractivity contribution in [3.05, 3.63) is 74.0 Å². The van der Waals surface area contributed by atoms with Crippen molar-refractivity contribution in [3.8, 4) is 11.5 Å². The van der Waals surface area contributed by atoms with Crippen LogP contribution in [0.25, 0.3) is 0 Å². The molecule has 0 spiro atoms. The molecule has 0 unspecified atom stereocenters. The number of carboxylic acids is 1. The zero-order valence-electron chi connectivity index (χ0n) is 19.6. The lowest BCUT2D eigenvalue weighted by molar-refractivity contribution is -0.137. The number of hydrogen-bond donors (Lipinski definition) is 4. The van der Waals surface area contributed by atoms with Crippen molar-refractivity contribution in [2.75, 3.05) is 36.7 Å². The molecule has 0 fully saturated rings. The number of carbonyl (C=O) groups excluding carboxylic acids is 1. The minimum atomic E-state index is -1.16. The van der Waals surface area contributed by atoms with Crippen LogP contribution in [-0.2, 0) is 11.2 Å². The van der Waals surface area contributed by atoms with Gasteiger partial charge in [0.1, 0.15) is 17.4 Å². The molecule has 0 heterocycles. The number of ether oxygens (including phenoxy) is 2. The molecule has 1 atom stereocenters. The molecule has 0 saturated heterocycles. The minimum absolute atomic E-state index is 0.00495. The number of methoxy groups -OCH3 is 2. The van der Waals surface area contributed by atoms with E-state index < -0.39 is 22.9 Å². The molecule has 0 aliphatic rings. The normalized spacial score (nSPS) is 11.5. The first-order valence-corrected chi connectivity index (χ1v) is 11.0. The van der Waals surface area contributed by atoms with E-state index in [1.165, 1.54) is 14.2 Å². The molecule has 10 heteroatoms. The van der Waals surface area contributed by atoms with E-state index in [-0.39, 0.29) is 23.7 Å². The smallest absolute Gasteiger partial charge is 0.326 e. The molecule has 0 aliphatic heterocycles. The summed E-state index contributed by atoms with van der Waals surface area (Å²) in [5, 5.41) is 17.9. The fraction of sp³-hybridized carbons (Fsp3) is 0.280. The number of amides is 1. The summed E-state index contributed by atoms with van der Waals surface area (Å²) in [5.74, 6) is -0.578. The van der Waals surface area contributed by atoms with Crippen LogP contribution in [0.15, 0.2) is 52.1 Å². The Morgan fingerprint density at radius 3 is 2.20 bits per heavy atom. The number of benzene rings is 2. The maximum absolute atomic E-state index is 12.6. The van der Waals surface area contributed by atoms with Gasteiger partial charge in [-0.1, -0.05) is 19.1 Å². The summed E-state index contributed by atoms with van der Waals surface area (Å²) in [4.78, 5) is 48.1. The Hall–Kier alpha value is -4.34. The number of carbonyl (C=O) groups is 2. The molecule has 10 nitrogen and oxygen atoms in total. The maximum Gasteiger partial charge on any atom is 0.326 e. The topological polar surface area (TPSA) is 143 Å². The molecule has 0 bridgehead atoms. The van der Waals surface area contributed by atoms with Gasteiger partial charge in [-0.05, 0) is 42.3 Å². The highest BCUT2D eigenvalue weighted by Gasteiger charge is 2.26. The summed E-state index contributed by atoms with van der Waals surface area (Å²) in [6.07, 6.45) is 0.806. The molecule has 35 heavy (non-hydrogen) atoms. The number of rotatable bonds is 12. The minimum Gasteiger partial charge on any atom is -0.493 e. The first-order chi connectivity index (χ1) is 16.8. The summed E-state index contributed by atoms with van der Waals surface area (Å²) >= 11 is 0. The fourth-order valence-electron chi connectivity index (χ4n) is 3.46. The third-order valence-electron chi connectivity index (χ3n) is 5.38. The van der Waals surface area contributed by atoms with Crippen LogP contribution in [0.3, 0.4) is 0 Å². The monoisotopic (exact) mass is 481 g/mol. The Bertz CT molecular complexity index is 1280. The fourth-order valence-corrected chi connectivity index (χ4v) is 3.46. The average Bonchev–Trinajstić information content (AvgIpc) is 2.87. The van der Waals surface area contributed by atoms with Gasteiger partial charge in [0.25, 0.3) is 16.8 Å². The second-order valence-electron chi connectivity index (χ2n) is 7.80. The van der Waals surface area contributed by atoms with E-state index in [9.17, 15) is 24.3 Å². The summed E-state index contributed by atoms with van der Waals surface area (Å²) < 4.78 is 10.4. The van der Waals surface area contributed by atoms with Gasteiger partial charge in [-0.15, -0.1) is 0 Å². The zero-order chi connectivity index (χ0) is 25.5. The van der Waals surface area contributed by atoms with Crippen LogP contribution in [-0.4, -0.2) is 43.8 Å². The lowest BCUT2D eigenvalue weighted by Crippen LogP contribution is -2.42. The van der Waals surface area contributed by atoms with Crippen LogP contribution in [0.1, 0.15) is 29.3 Å². The number of anilines is 3. The Morgan fingerprint density at radius 1 is 0.943 bits per heavy atom. The Morgan fingerprint density at radius 2 is 1.60 bits per heavy atom. The third-order valence-corrected chi connectivity index (χ3v) is 5.38. The van der Waals surface area contributed by atoms with Crippen molar-refractivity contribution < 1.29 is 24.2 Å². The van der Waals surface area contributed by atoms with Crippen LogP contribution in [0.4, 0.5) is 17.1 Å². The van der Waals surface area contributed by atoms with Gasteiger partial charge in [0.15, 0.2) is 11.5 Å². The van der Waals surface area contributed by atoms with Crippen molar-refractivity contribution in [3.63, 3.8) is 0 Å². The number of carboxylic acid groups (broad SMARTS) is 1. The van der Waals surface area contributed by atoms with Crippen LogP contribution in [0.5, 0.6) is 11.5 Å². The Kier molecular flexibility index (Phi) is 8.08. The van der Waals surface area contributed by atoms with Crippen LogP contribution in [0, 0.1) is 0 Å². The van der Waals surface area contributed by atoms with Gasteiger partial charge < -0.3 is 30.5 Å².